The van der Waals surface area contributed by atoms with Gasteiger partial charge in [0.2, 0.25) is 0 Å². The Labute approximate surface area is 81.3 Å². The van der Waals surface area contributed by atoms with Crippen LogP contribution in [0.25, 0.3) is 0 Å². The second kappa shape index (κ2) is 5.79. The molecule has 0 saturated carbocycles. The Bertz CT molecular complexity index is 194. The second-order valence-electron chi connectivity index (χ2n) is 3.36. The average molecular weight is 180 g/mol. The van der Waals surface area contributed by atoms with E-state index in [1.54, 1.807) is 0 Å². The van der Waals surface area contributed by atoms with Gasteiger partial charge in [-0.05, 0) is 32.3 Å². The number of amidine groups is 1. The molecule has 0 atom stereocenters. The van der Waals surface area contributed by atoms with E-state index in [2.05, 4.69) is 35.9 Å². The summed E-state index contributed by atoms with van der Waals surface area (Å²) in [5.41, 5.74) is 0. The predicted molar refractivity (Wildman–Crippen MR) is 58.2 cm³/mol. The first-order valence-corrected chi connectivity index (χ1v) is 5.34. The van der Waals surface area contributed by atoms with Crippen LogP contribution in [0.4, 0.5) is 0 Å². The van der Waals surface area contributed by atoms with E-state index in [9.17, 15) is 0 Å². The highest BCUT2D eigenvalue weighted by molar-refractivity contribution is 5.93. The number of likely N-dealkylation sites (N-methyl/N-ethyl adjacent to an activating group) is 1. The van der Waals surface area contributed by atoms with Gasteiger partial charge in [0.05, 0.1) is 0 Å². The van der Waals surface area contributed by atoms with Gasteiger partial charge >= 0.3 is 0 Å². The van der Waals surface area contributed by atoms with E-state index in [-0.39, 0.29) is 0 Å². The normalized spacial score (nSPS) is 16.6. The maximum atomic E-state index is 4.57. The molecule has 0 aliphatic carbocycles. The Hall–Kier alpha value is -0.790. The van der Waals surface area contributed by atoms with E-state index in [4.69, 9.17) is 0 Å². The molecule has 1 aliphatic heterocycles. The largest absolute Gasteiger partial charge is 0.357 e. The topological polar surface area (TPSA) is 15.6 Å². The lowest BCUT2D eigenvalue weighted by Crippen LogP contribution is -2.30. The minimum Gasteiger partial charge on any atom is -0.357 e. The molecular weight excluding hydrogens is 160 g/mol. The van der Waals surface area contributed by atoms with Gasteiger partial charge in [0.15, 0.2) is 0 Å². The fraction of sp³-hybridized carbons (Fsp3) is 0.727. The minimum absolute atomic E-state index is 0.989. The SMILES string of the molecule is CCCN(CC)C1=NCCCC=C1. The van der Waals surface area contributed by atoms with Crippen molar-refractivity contribution >= 4 is 5.84 Å². The van der Waals surface area contributed by atoms with Crippen molar-refractivity contribution in [2.75, 3.05) is 19.6 Å². The third-order valence-corrected chi connectivity index (χ3v) is 2.27. The van der Waals surface area contributed by atoms with Crippen LogP contribution in [0.5, 0.6) is 0 Å². The first-order valence-electron chi connectivity index (χ1n) is 5.34. The van der Waals surface area contributed by atoms with Crippen LogP contribution in [0, 0.1) is 0 Å². The molecule has 2 heteroatoms. The van der Waals surface area contributed by atoms with Crippen LogP contribution >= 0.6 is 0 Å². The number of hydrogen-bond donors (Lipinski definition) is 0. The third-order valence-electron chi connectivity index (χ3n) is 2.27. The third kappa shape index (κ3) is 3.21. The number of rotatable bonds is 3. The molecule has 1 aliphatic rings. The average Bonchev–Trinajstić information content (AvgIpc) is 2.42. The Morgan fingerprint density at radius 3 is 3.00 bits per heavy atom. The molecule has 74 valence electrons. The molecule has 2 nitrogen and oxygen atoms in total. The first-order chi connectivity index (χ1) is 6.38. The highest BCUT2D eigenvalue weighted by atomic mass is 15.2. The van der Waals surface area contributed by atoms with Crippen LogP contribution in [0.2, 0.25) is 0 Å². The van der Waals surface area contributed by atoms with Crippen LogP contribution in [-0.4, -0.2) is 30.4 Å². The van der Waals surface area contributed by atoms with Crippen LogP contribution in [0.1, 0.15) is 33.1 Å². The van der Waals surface area contributed by atoms with Gasteiger partial charge in [-0.3, -0.25) is 4.99 Å². The smallest absolute Gasteiger partial charge is 0.123 e. The zero-order chi connectivity index (χ0) is 9.52. The summed E-state index contributed by atoms with van der Waals surface area (Å²) < 4.78 is 0. The van der Waals surface area contributed by atoms with Crippen molar-refractivity contribution in [3.63, 3.8) is 0 Å². The molecule has 0 aromatic carbocycles. The first kappa shape index (κ1) is 10.3. The van der Waals surface area contributed by atoms with Gasteiger partial charge < -0.3 is 4.90 Å². The molecule has 0 aromatic heterocycles. The van der Waals surface area contributed by atoms with E-state index in [0.717, 1.165) is 19.6 Å². The van der Waals surface area contributed by atoms with Crippen molar-refractivity contribution in [2.45, 2.75) is 33.1 Å². The van der Waals surface area contributed by atoms with E-state index in [1.807, 2.05) is 0 Å². The molecule has 0 amide bonds. The summed E-state index contributed by atoms with van der Waals surface area (Å²) in [6.45, 7) is 7.58. The van der Waals surface area contributed by atoms with Crippen LogP contribution in [0.3, 0.4) is 0 Å². The number of nitrogens with zero attached hydrogens (tertiary/aromatic N) is 2. The van der Waals surface area contributed by atoms with Crippen molar-refractivity contribution < 1.29 is 0 Å². The van der Waals surface area contributed by atoms with Gasteiger partial charge in [0.1, 0.15) is 5.84 Å². The highest BCUT2D eigenvalue weighted by Crippen LogP contribution is 2.03. The van der Waals surface area contributed by atoms with E-state index < -0.39 is 0 Å². The number of aliphatic imine (C=N–C) groups is 1. The number of allylic oxidation sites excluding steroid dienone is 1. The molecule has 0 bridgehead atoms. The fourth-order valence-electron chi connectivity index (χ4n) is 1.55. The lowest BCUT2D eigenvalue weighted by atomic mass is 10.3. The van der Waals surface area contributed by atoms with Crippen molar-refractivity contribution in [2.24, 2.45) is 4.99 Å². The van der Waals surface area contributed by atoms with E-state index in [0.29, 0.717) is 0 Å². The summed E-state index contributed by atoms with van der Waals surface area (Å²) in [4.78, 5) is 6.92. The van der Waals surface area contributed by atoms with E-state index >= 15 is 0 Å². The molecule has 0 N–H and O–H groups in total. The molecule has 0 unspecified atom stereocenters. The maximum absolute atomic E-state index is 4.57. The van der Waals surface area contributed by atoms with Crippen molar-refractivity contribution in [3.8, 4) is 0 Å². The zero-order valence-electron chi connectivity index (χ0n) is 8.79. The molecular formula is C11H20N2. The fourth-order valence-corrected chi connectivity index (χ4v) is 1.55. The number of hydrogen-bond acceptors (Lipinski definition) is 2. The van der Waals surface area contributed by atoms with Crippen LogP contribution in [0.15, 0.2) is 17.1 Å². The van der Waals surface area contributed by atoms with Crippen molar-refractivity contribution in [1.29, 1.82) is 0 Å². The molecule has 0 aromatic rings. The standard InChI is InChI=1S/C11H20N2/c1-3-10-13(4-2)11-8-6-5-7-9-12-11/h6,8H,3-5,7,9-10H2,1-2H3. The quantitative estimate of drug-likeness (QED) is 0.651. The monoisotopic (exact) mass is 180 g/mol. The summed E-state index contributed by atoms with van der Waals surface area (Å²) in [6.07, 6.45) is 7.98. The zero-order valence-corrected chi connectivity index (χ0v) is 8.79. The van der Waals surface area contributed by atoms with Gasteiger partial charge in [0.25, 0.3) is 0 Å². The summed E-state index contributed by atoms with van der Waals surface area (Å²) in [5, 5.41) is 0. The van der Waals surface area contributed by atoms with Gasteiger partial charge in [-0.2, -0.15) is 0 Å². The van der Waals surface area contributed by atoms with Crippen molar-refractivity contribution in [1.82, 2.24) is 4.90 Å². The molecule has 0 fully saturated rings. The van der Waals surface area contributed by atoms with Crippen LogP contribution in [-0.2, 0) is 0 Å². The van der Waals surface area contributed by atoms with Gasteiger partial charge in [-0.1, -0.05) is 13.0 Å². The Balaban J connectivity index is 2.58. The molecule has 1 heterocycles. The van der Waals surface area contributed by atoms with E-state index in [1.165, 1.54) is 25.1 Å². The second-order valence-corrected chi connectivity index (χ2v) is 3.36. The van der Waals surface area contributed by atoms with Gasteiger partial charge in [-0.25, -0.2) is 0 Å². The summed E-state index contributed by atoms with van der Waals surface area (Å²) in [5.74, 6) is 1.18. The summed E-state index contributed by atoms with van der Waals surface area (Å²) in [7, 11) is 0. The lowest BCUT2D eigenvalue weighted by Gasteiger charge is -2.21. The maximum Gasteiger partial charge on any atom is 0.123 e. The molecule has 13 heavy (non-hydrogen) atoms. The van der Waals surface area contributed by atoms with Crippen molar-refractivity contribution in [3.05, 3.63) is 12.2 Å². The Morgan fingerprint density at radius 1 is 1.46 bits per heavy atom. The Kier molecular flexibility index (Phi) is 4.58. The Morgan fingerprint density at radius 2 is 2.31 bits per heavy atom. The summed E-state index contributed by atoms with van der Waals surface area (Å²) >= 11 is 0. The van der Waals surface area contributed by atoms with Gasteiger partial charge in [-0.15, -0.1) is 0 Å². The predicted octanol–water partition coefficient (Wildman–Crippen LogP) is 2.47. The molecule has 0 saturated heterocycles. The minimum atomic E-state index is 0.989. The molecule has 0 spiro atoms. The summed E-state index contributed by atoms with van der Waals surface area (Å²) in [6, 6.07) is 0. The van der Waals surface area contributed by atoms with Gasteiger partial charge in [0, 0.05) is 19.6 Å². The molecule has 0 radical (unpaired) electrons. The lowest BCUT2D eigenvalue weighted by molar-refractivity contribution is 0.440. The van der Waals surface area contributed by atoms with Crippen LogP contribution < -0.4 is 0 Å². The molecule has 1 rings (SSSR count). The highest BCUT2D eigenvalue weighted by Gasteiger charge is 2.05.